The molecule has 0 bridgehead atoms. The summed E-state index contributed by atoms with van der Waals surface area (Å²) >= 11 is 0. The van der Waals surface area contributed by atoms with Crippen LogP contribution in [0.4, 0.5) is 11.4 Å². The number of amides is 1. The quantitative estimate of drug-likeness (QED) is 0.859. The van der Waals surface area contributed by atoms with Crippen LogP contribution in [0.15, 0.2) is 53.4 Å². The SMILES string of the molecule is CCCCN(c1ccccc1)S(=O)(=O)c1ccc2c(c1)NC(=O)CO2. The minimum Gasteiger partial charge on any atom is -0.482 e. The highest BCUT2D eigenvalue weighted by Crippen LogP contribution is 2.32. The van der Waals surface area contributed by atoms with E-state index in [0.29, 0.717) is 23.7 Å². The fourth-order valence-electron chi connectivity index (χ4n) is 2.63. The second-order valence-corrected chi connectivity index (χ2v) is 7.62. The minimum atomic E-state index is -3.75. The van der Waals surface area contributed by atoms with Crippen molar-refractivity contribution in [2.75, 3.05) is 22.8 Å². The maximum Gasteiger partial charge on any atom is 0.264 e. The molecule has 6 nitrogen and oxygen atoms in total. The molecule has 0 radical (unpaired) electrons. The summed E-state index contributed by atoms with van der Waals surface area (Å²) < 4.78 is 33.1. The first-order chi connectivity index (χ1) is 12.0. The second-order valence-electron chi connectivity index (χ2n) is 5.76. The first kappa shape index (κ1) is 17.3. The number of fused-ring (bicyclic) bond motifs is 1. The van der Waals surface area contributed by atoms with Crippen molar-refractivity contribution in [2.45, 2.75) is 24.7 Å². The lowest BCUT2D eigenvalue weighted by Gasteiger charge is -2.25. The summed E-state index contributed by atoms with van der Waals surface area (Å²) in [5, 5.41) is 2.65. The smallest absolute Gasteiger partial charge is 0.264 e. The zero-order valence-electron chi connectivity index (χ0n) is 13.9. The molecule has 0 aliphatic carbocycles. The topological polar surface area (TPSA) is 75.7 Å². The highest BCUT2D eigenvalue weighted by molar-refractivity contribution is 7.92. The molecule has 1 heterocycles. The number of ether oxygens (including phenoxy) is 1. The molecule has 2 aromatic rings. The molecule has 0 atom stereocenters. The van der Waals surface area contributed by atoms with Gasteiger partial charge in [0.1, 0.15) is 5.75 Å². The molecule has 25 heavy (non-hydrogen) atoms. The molecule has 2 aromatic carbocycles. The highest BCUT2D eigenvalue weighted by atomic mass is 32.2. The Morgan fingerprint density at radius 3 is 2.64 bits per heavy atom. The van der Waals surface area contributed by atoms with E-state index in [1.807, 2.05) is 25.1 Å². The Bertz CT molecular complexity index is 866. The summed E-state index contributed by atoms with van der Waals surface area (Å²) in [6.45, 7) is 2.34. The van der Waals surface area contributed by atoms with Crippen LogP contribution in [0.25, 0.3) is 0 Å². The van der Waals surface area contributed by atoms with E-state index in [1.165, 1.54) is 16.4 Å². The van der Waals surface area contributed by atoms with Gasteiger partial charge >= 0.3 is 0 Å². The van der Waals surface area contributed by atoms with E-state index >= 15 is 0 Å². The lowest BCUT2D eigenvalue weighted by atomic mass is 10.2. The molecule has 1 amide bonds. The van der Waals surface area contributed by atoms with Crippen molar-refractivity contribution in [1.29, 1.82) is 0 Å². The Kier molecular flexibility index (Phi) is 4.94. The van der Waals surface area contributed by atoms with Crippen molar-refractivity contribution >= 4 is 27.3 Å². The second kappa shape index (κ2) is 7.14. The standard InChI is InChI=1S/C18H20N2O4S/c1-2-3-11-20(14-7-5-4-6-8-14)25(22,23)15-9-10-17-16(12-15)19-18(21)13-24-17/h4-10,12H,2-3,11,13H2,1H3,(H,19,21). The molecule has 0 aromatic heterocycles. The van der Waals surface area contributed by atoms with Crippen molar-refractivity contribution in [1.82, 2.24) is 0 Å². The maximum atomic E-state index is 13.2. The molecule has 3 rings (SSSR count). The van der Waals surface area contributed by atoms with Gasteiger partial charge in [-0.25, -0.2) is 8.42 Å². The van der Waals surface area contributed by atoms with Crippen molar-refractivity contribution in [2.24, 2.45) is 0 Å². The molecule has 1 aliphatic rings. The number of unbranched alkanes of at least 4 members (excludes halogenated alkanes) is 1. The van der Waals surface area contributed by atoms with E-state index in [9.17, 15) is 13.2 Å². The molecule has 132 valence electrons. The number of carbonyl (C=O) groups excluding carboxylic acids is 1. The number of sulfonamides is 1. The van der Waals surface area contributed by atoms with Crippen LogP contribution in [0.3, 0.4) is 0 Å². The molecule has 0 unspecified atom stereocenters. The van der Waals surface area contributed by atoms with Crippen LogP contribution in [0.5, 0.6) is 5.75 Å². The monoisotopic (exact) mass is 360 g/mol. The third-order valence-corrected chi connectivity index (χ3v) is 5.75. The maximum absolute atomic E-state index is 13.2. The van der Waals surface area contributed by atoms with Gasteiger partial charge in [-0.3, -0.25) is 9.10 Å². The van der Waals surface area contributed by atoms with Gasteiger partial charge in [-0.2, -0.15) is 0 Å². The first-order valence-corrected chi connectivity index (χ1v) is 9.61. The average molecular weight is 360 g/mol. The van der Waals surface area contributed by atoms with Crippen molar-refractivity contribution in [3.8, 4) is 5.75 Å². The van der Waals surface area contributed by atoms with Crippen LogP contribution in [-0.4, -0.2) is 27.5 Å². The van der Waals surface area contributed by atoms with E-state index < -0.39 is 10.0 Å². The van der Waals surface area contributed by atoms with Crippen LogP contribution < -0.4 is 14.4 Å². The van der Waals surface area contributed by atoms with Gasteiger partial charge in [0.25, 0.3) is 15.9 Å². The third-order valence-electron chi connectivity index (χ3n) is 3.93. The van der Waals surface area contributed by atoms with Gasteiger partial charge in [-0.15, -0.1) is 0 Å². The molecule has 0 saturated heterocycles. The molecule has 7 heteroatoms. The summed E-state index contributed by atoms with van der Waals surface area (Å²) in [6, 6.07) is 13.5. The van der Waals surface area contributed by atoms with Crippen LogP contribution in [0.1, 0.15) is 19.8 Å². The van der Waals surface area contributed by atoms with E-state index in [2.05, 4.69) is 5.32 Å². The molecule has 0 spiro atoms. The van der Waals surface area contributed by atoms with Crippen molar-refractivity contribution in [3.05, 3.63) is 48.5 Å². The Balaban J connectivity index is 2.00. The van der Waals surface area contributed by atoms with E-state index in [0.717, 1.165) is 12.8 Å². The lowest BCUT2D eigenvalue weighted by Crippen LogP contribution is -2.32. The zero-order valence-corrected chi connectivity index (χ0v) is 14.8. The minimum absolute atomic E-state index is 0.0638. The van der Waals surface area contributed by atoms with E-state index in [1.54, 1.807) is 18.2 Å². The molecular weight excluding hydrogens is 340 g/mol. The predicted molar refractivity (Wildman–Crippen MR) is 96.4 cm³/mol. The van der Waals surface area contributed by atoms with Crippen molar-refractivity contribution in [3.63, 3.8) is 0 Å². The normalized spacial score (nSPS) is 13.6. The summed E-state index contributed by atoms with van der Waals surface area (Å²) in [7, 11) is -3.75. The largest absolute Gasteiger partial charge is 0.482 e. The third kappa shape index (κ3) is 3.61. The number of anilines is 2. The van der Waals surface area contributed by atoms with E-state index in [4.69, 9.17) is 4.74 Å². The van der Waals surface area contributed by atoms with Gasteiger partial charge in [0, 0.05) is 6.54 Å². The Hall–Kier alpha value is -2.54. The number of nitrogens with zero attached hydrogens (tertiary/aromatic N) is 1. The van der Waals surface area contributed by atoms with Gasteiger partial charge in [-0.1, -0.05) is 31.5 Å². The van der Waals surface area contributed by atoms with Crippen molar-refractivity contribution < 1.29 is 17.9 Å². The van der Waals surface area contributed by atoms with Gasteiger partial charge in [0.2, 0.25) is 0 Å². The number of carbonyl (C=O) groups is 1. The molecule has 0 saturated carbocycles. The number of para-hydroxylation sites is 1. The predicted octanol–water partition coefficient (Wildman–Crippen LogP) is 3.01. The van der Waals surface area contributed by atoms with Gasteiger partial charge in [0.15, 0.2) is 6.61 Å². The molecule has 1 aliphatic heterocycles. The fourth-order valence-corrected chi connectivity index (χ4v) is 4.16. The van der Waals surface area contributed by atoms with Gasteiger partial charge in [-0.05, 0) is 36.8 Å². The zero-order chi connectivity index (χ0) is 17.9. The number of rotatable bonds is 6. The number of nitrogens with one attached hydrogen (secondary N) is 1. The number of benzene rings is 2. The number of hydrogen-bond donors (Lipinski definition) is 1. The number of hydrogen-bond acceptors (Lipinski definition) is 4. The van der Waals surface area contributed by atoms with Crippen LogP contribution in [-0.2, 0) is 14.8 Å². The Labute approximate surface area is 147 Å². The van der Waals surface area contributed by atoms with Crippen LogP contribution >= 0.6 is 0 Å². The lowest BCUT2D eigenvalue weighted by molar-refractivity contribution is -0.118. The molecular formula is C18H20N2O4S. The highest BCUT2D eigenvalue weighted by Gasteiger charge is 2.26. The Morgan fingerprint density at radius 1 is 1.16 bits per heavy atom. The molecule has 0 fully saturated rings. The summed E-state index contributed by atoms with van der Waals surface area (Å²) in [4.78, 5) is 11.6. The summed E-state index contributed by atoms with van der Waals surface area (Å²) in [6.07, 6.45) is 1.63. The summed E-state index contributed by atoms with van der Waals surface area (Å²) in [5.41, 5.74) is 0.995. The van der Waals surface area contributed by atoms with Gasteiger partial charge < -0.3 is 10.1 Å². The fraction of sp³-hybridized carbons (Fsp3) is 0.278. The molecule has 1 N–H and O–H groups in total. The summed E-state index contributed by atoms with van der Waals surface area (Å²) in [5.74, 6) is 0.173. The van der Waals surface area contributed by atoms with Gasteiger partial charge in [0.05, 0.1) is 16.3 Å². The van der Waals surface area contributed by atoms with Crippen LogP contribution in [0, 0.1) is 0 Å². The average Bonchev–Trinajstić information content (AvgIpc) is 2.62. The first-order valence-electron chi connectivity index (χ1n) is 8.17. The van der Waals surface area contributed by atoms with E-state index in [-0.39, 0.29) is 17.4 Å². The Morgan fingerprint density at radius 2 is 1.92 bits per heavy atom. The van der Waals surface area contributed by atoms with Crippen LogP contribution in [0.2, 0.25) is 0 Å².